The summed E-state index contributed by atoms with van der Waals surface area (Å²) in [7, 11) is -2.97. The van der Waals surface area contributed by atoms with Crippen LogP contribution in [0.25, 0.3) is 0 Å². The van der Waals surface area contributed by atoms with Gasteiger partial charge in [-0.05, 0) is 19.4 Å². The predicted octanol–water partition coefficient (Wildman–Crippen LogP) is 0.505. The molecule has 0 aromatic carbocycles. The number of hydrogen-bond acceptors (Lipinski definition) is 4. The first-order chi connectivity index (χ1) is 7.48. The summed E-state index contributed by atoms with van der Waals surface area (Å²) in [5.74, 6) is 0.0852. The molecular formula is C10H13NO4S. The molecule has 5 nitrogen and oxygen atoms in total. The number of amides is 1. The molecule has 0 saturated carbocycles. The second-order valence-electron chi connectivity index (χ2n) is 4.01. The van der Waals surface area contributed by atoms with Crippen molar-refractivity contribution in [3.63, 3.8) is 0 Å². The maximum absolute atomic E-state index is 11.7. The topological polar surface area (TPSA) is 76.4 Å². The quantitative estimate of drug-likeness (QED) is 0.820. The van der Waals surface area contributed by atoms with Crippen molar-refractivity contribution >= 4 is 15.7 Å². The zero-order chi connectivity index (χ0) is 11.8. The summed E-state index contributed by atoms with van der Waals surface area (Å²) in [5, 5.41) is 2.67. The number of hydrogen-bond donors (Lipinski definition) is 1. The Morgan fingerprint density at radius 2 is 2.31 bits per heavy atom. The number of carbonyl (C=O) groups is 1. The van der Waals surface area contributed by atoms with Gasteiger partial charge in [0.1, 0.15) is 0 Å². The summed E-state index contributed by atoms with van der Waals surface area (Å²) in [6.07, 6.45) is 1.92. The van der Waals surface area contributed by atoms with E-state index in [-0.39, 0.29) is 29.2 Å². The zero-order valence-electron chi connectivity index (χ0n) is 8.89. The fourth-order valence-corrected chi connectivity index (χ4v) is 3.44. The van der Waals surface area contributed by atoms with E-state index in [2.05, 4.69) is 5.32 Å². The molecule has 6 heteroatoms. The Hall–Kier alpha value is -1.30. The van der Waals surface area contributed by atoms with E-state index in [4.69, 9.17) is 4.42 Å². The average Bonchev–Trinajstić information content (AvgIpc) is 2.72. The van der Waals surface area contributed by atoms with Crippen molar-refractivity contribution in [3.8, 4) is 0 Å². The van der Waals surface area contributed by atoms with Crippen molar-refractivity contribution < 1.29 is 17.6 Å². The molecule has 1 fully saturated rings. The maximum atomic E-state index is 11.7. The van der Waals surface area contributed by atoms with Crippen LogP contribution >= 0.6 is 0 Å². The van der Waals surface area contributed by atoms with Crippen molar-refractivity contribution in [2.45, 2.75) is 19.4 Å². The van der Waals surface area contributed by atoms with Crippen LogP contribution in [0.5, 0.6) is 0 Å². The van der Waals surface area contributed by atoms with Crippen molar-refractivity contribution in [3.05, 3.63) is 23.7 Å². The molecule has 2 heterocycles. The van der Waals surface area contributed by atoms with Crippen LogP contribution in [0.15, 0.2) is 16.7 Å². The van der Waals surface area contributed by atoms with Crippen molar-refractivity contribution in [1.29, 1.82) is 0 Å². The zero-order valence-corrected chi connectivity index (χ0v) is 9.71. The predicted molar refractivity (Wildman–Crippen MR) is 58.0 cm³/mol. The largest absolute Gasteiger partial charge is 0.459 e. The van der Waals surface area contributed by atoms with Crippen molar-refractivity contribution in [2.75, 3.05) is 11.5 Å². The molecule has 16 heavy (non-hydrogen) atoms. The summed E-state index contributed by atoms with van der Waals surface area (Å²) in [5.41, 5.74) is 0.748. The highest BCUT2D eigenvalue weighted by molar-refractivity contribution is 7.91. The van der Waals surface area contributed by atoms with Crippen molar-refractivity contribution in [1.82, 2.24) is 5.32 Å². The fraction of sp³-hybridized carbons (Fsp3) is 0.500. The highest BCUT2D eigenvalue weighted by atomic mass is 32.2. The third-order valence-electron chi connectivity index (χ3n) is 2.64. The van der Waals surface area contributed by atoms with E-state index in [1.54, 1.807) is 13.0 Å². The Balaban J connectivity index is 2.02. The van der Waals surface area contributed by atoms with Crippen LogP contribution in [0, 0.1) is 6.92 Å². The van der Waals surface area contributed by atoms with Gasteiger partial charge in [0.05, 0.1) is 17.8 Å². The molecule has 2 rings (SSSR count). The van der Waals surface area contributed by atoms with Gasteiger partial charge in [-0.2, -0.15) is 0 Å². The van der Waals surface area contributed by atoms with E-state index >= 15 is 0 Å². The molecule has 0 spiro atoms. The van der Waals surface area contributed by atoms with Crippen LogP contribution in [0.3, 0.4) is 0 Å². The molecule has 1 aliphatic rings. The van der Waals surface area contributed by atoms with E-state index < -0.39 is 9.84 Å². The third-order valence-corrected chi connectivity index (χ3v) is 4.40. The molecule has 1 aliphatic heterocycles. The third kappa shape index (κ3) is 2.27. The Kier molecular flexibility index (Phi) is 2.75. The van der Waals surface area contributed by atoms with Crippen LogP contribution in [0.4, 0.5) is 0 Å². The van der Waals surface area contributed by atoms with Gasteiger partial charge in [0.25, 0.3) is 5.91 Å². The molecule has 1 aromatic rings. The molecule has 1 saturated heterocycles. The molecule has 88 valence electrons. The molecule has 1 atom stereocenters. The molecule has 0 aliphatic carbocycles. The second-order valence-corrected chi connectivity index (χ2v) is 6.23. The molecule has 0 unspecified atom stereocenters. The van der Waals surface area contributed by atoms with Gasteiger partial charge in [0.15, 0.2) is 15.6 Å². The van der Waals surface area contributed by atoms with Gasteiger partial charge in [-0.1, -0.05) is 0 Å². The maximum Gasteiger partial charge on any atom is 0.287 e. The lowest BCUT2D eigenvalue weighted by Crippen LogP contribution is -2.35. The summed E-state index contributed by atoms with van der Waals surface area (Å²) >= 11 is 0. The van der Waals surface area contributed by atoms with Gasteiger partial charge < -0.3 is 9.73 Å². The van der Waals surface area contributed by atoms with E-state index in [1.165, 1.54) is 6.26 Å². The summed E-state index contributed by atoms with van der Waals surface area (Å²) in [6, 6.07) is 1.40. The minimum absolute atomic E-state index is 0.0263. The molecular weight excluding hydrogens is 230 g/mol. The SMILES string of the molecule is Cc1ccoc1C(=O)N[C@@H]1CCS(=O)(=O)C1. The number of carbonyl (C=O) groups excluding carboxylic acids is 1. The van der Waals surface area contributed by atoms with Gasteiger partial charge in [0.2, 0.25) is 0 Å². The highest BCUT2D eigenvalue weighted by Crippen LogP contribution is 2.13. The Labute approximate surface area is 93.7 Å². The van der Waals surface area contributed by atoms with Gasteiger partial charge in [-0.15, -0.1) is 0 Å². The molecule has 1 aromatic heterocycles. The highest BCUT2D eigenvalue weighted by Gasteiger charge is 2.29. The number of rotatable bonds is 2. The average molecular weight is 243 g/mol. The first-order valence-corrected chi connectivity index (χ1v) is 6.85. The van der Waals surface area contributed by atoms with E-state index in [0.717, 1.165) is 5.56 Å². The fourth-order valence-electron chi connectivity index (χ4n) is 1.77. The standard InChI is InChI=1S/C10H13NO4S/c1-7-2-4-15-9(7)10(12)11-8-3-5-16(13,14)6-8/h2,4,8H,3,5-6H2,1H3,(H,11,12)/t8-/m1/s1. The smallest absolute Gasteiger partial charge is 0.287 e. The number of aryl methyl sites for hydroxylation is 1. The summed E-state index contributed by atoms with van der Waals surface area (Å²) < 4.78 is 27.4. The van der Waals surface area contributed by atoms with E-state index in [9.17, 15) is 13.2 Å². The minimum atomic E-state index is -2.97. The van der Waals surface area contributed by atoms with Gasteiger partial charge in [0, 0.05) is 11.6 Å². The monoisotopic (exact) mass is 243 g/mol. The van der Waals surface area contributed by atoms with E-state index in [0.29, 0.717) is 6.42 Å². The lowest BCUT2D eigenvalue weighted by molar-refractivity contribution is 0.0912. The van der Waals surface area contributed by atoms with E-state index in [1.807, 2.05) is 0 Å². The molecule has 0 bridgehead atoms. The van der Waals surface area contributed by atoms with Gasteiger partial charge in [-0.25, -0.2) is 8.42 Å². The Morgan fingerprint density at radius 3 is 2.81 bits per heavy atom. The van der Waals surface area contributed by atoms with Crippen molar-refractivity contribution in [2.24, 2.45) is 0 Å². The lowest BCUT2D eigenvalue weighted by atomic mass is 10.2. The summed E-state index contributed by atoms with van der Waals surface area (Å²) in [4.78, 5) is 11.7. The number of sulfone groups is 1. The molecule has 1 N–H and O–H groups in total. The number of nitrogens with one attached hydrogen (secondary N) is 1. The Morgan fingerprint density at radius 1 is 1.56 bits per heavy atom. The normalized spacial score (nSPS) is 23.2. The van der Waals surface area contributed by atoms with Crippen LogP contribution < -0.4 is 5.32 Å². The molecule has 0 radical (unpaired) electrons. The van der Waals surface area contributed by atoms with Gasteiger partial charge >= 0.3 is 0 Å². The van der Waals surface area contributed by atoms with Crippen LogP contribution in [-0.4, -0.2) is 31.9 Å². The number of furan rings is 1. The van der Waals surface area contributed by atoms with Crippen LogP contribution in [0.2, 0.25) is 0 Å². The first kappa shape index (κ1) is 11.2. The first-order valence-electron chi connectivity index (χ1n) is 5.03. The lowest BCUT2D eigenvalue weighted by Gasteiger charge is -2.09. The molecule has 1 amide bonds. The van der Waals surface area contributed by atoms with Gasteiger partial charge in [-0.3, -0.25) is 4.79 Å². The second kappa shape index (κ2) is 3.93. The van der Waals surface area contributed by atoms with Crippen LogP contribution in [0.1, 0.15) is 22.5 Å². The van der Waals surface area contributed by atoms with Crippen LogP contribution in [-0.2, 0) is 9.84 Å². The minimum Gasteiger partial charge on any atom is -0.459 e. The Bertz CT molecular complexity index is 503. The summed E-state index contributed by atoms with van der Waals surface area (Å²) in [6.45, 7) is 1.77.